The largest absolute Gasteiger partial charge is 0.384 e. The smallest absolute Gasteiger partial charge is 0.276 e. The summed E-state index contributed by atoms with van der Waals surface area (Å²) < 4.78 is 17.0. The minimum absolute atomic E-state index is 0.211. The molecule has 1 aliphatic heterocycles. The minimum Gasteiger partial charge on any atom is -0.384 e. The van der Waals surface area contributed by atoms with Crippen molar-refractivity contribution >= 4 is 39.9 Å². The third-order valence-corrected chi connectivity index (χ3v) is 6.17. The van der Waals surface area contributed by atoms with Gasteiger partial charge in [-0.3, -0.25) is 9.36 Å². The number of rotatable bonds is 2. The first-order valence-electron chi connectivity index (χ1n) is 7.55. The zero-order chi connectivity index (χ0) is 18.6. The van der Waals surface area contributed by atoms with Crippen molar-refractivity contribution in [2.45, 2.75) is 38.4 Å². The Bertz CT molecular complexity index is 939. The van der Waals surface area contributed by atoms with Crippen molar-refractivity contribution in [3.63, 3.8) is 0 Å². The predicted molar refractivity (Wildman–Crippen MR) is 98.1 cm³/mol. The summed E-state index contributed by atoms with van der Waals surface area (Å²) in [4.78, 5) is 20.9. The maximum Gasteiger partial charge on any atom is 0.276 e. The highest BCUT2D eigenvalue weighted by molar-refractivity contribution is 7.83. The molecule has 0 saturated heterocycles. The molecule has 0 saturated carbocycles. The Morgan fingerprint density at radius 2 is 2.04 bits per heavy atom. The van der Waals surface area contributed by atoms with E-state index in [1.54, 1.807) is 0 Å². The average Bonchev–Trinajstić information content (AvgIpc) is 2.77. The van der Waals surface area contributed by atoms with E-state index in [1.807, 2.05) is 27.7 Å². The van der Waals surface area contributed by atoms with Crippen molar-refractivity contribution < 1.29 is 4.21 Å². The lowest BCUT2D eigenvalue weighted by atomic mass is 9.82. The Kier molecular flexibility index (Phi) is 4.13. The van der Waals surface area contributed by atoms with Gasteiger partial charge in [0.1, 0.15) is 45.3 Å². The molecule has 0 aliphatic carbocycles. The van der Waals surface area contributed by atoms with Crippen LogP contribution in [0.4, 0.5) is 17.3 Å². The summed E-state index contributed by atoms with van der Waals surface area (Å²) in [7, 11) is -1.59. The van der Waals surface area contributed by atoms with Crippen LogP contribution in [-0.2, 0) is 16.6 Å². The van der Waals surface area contributed by atoms with Gasteiger partial charge in [0.25, 0.3) is 5.56 Å². The lowest BCUT2D eigenvalue weighted by Gasteiger charge is -2.39. The standard InChI is InChI=1S/C15H19ClN6O2S/c1-14(2,3)15(4)21-25(24)13-8(16)5-9(12(23)22(13)15)20-11-6-10(17)18-7-19-11/h5-7,21H,1-4H3,(H3,17,18,19,20). The first kappa shape index (κ1) is 17.8. The molecule has 10 heteroatoms. The average molecular weight is 383 g/mol. The van der Waals surface area contributed by atoms with Gasteiger partial charge < -0.3 is 11.1 Å². The number of nitrogens with zero attached hydrogens (tertiary/aromatic N) is 3. The fraction of sp³-hybridized carbons (Fsp3) is 0.400. The van der Waals surface area contributed by atoms with Gasteiger partial charge in [0.2, 0.25) is 0 Å². The van der Waals surface area contributed by atoms with Crippen LogP contribution in [0, 0.1) is 5.41 Å². The van der Waals surface area contributed by atoms with Crippen LogP contribution >= 0.6 is 11.6 Å². The van der Waals surface area contributed by atoms with Gasteiger partial charge in [-0.1, -0.05) is 32.4 Å². The van der Waals surface area contributed by atoms with Gasteiger partial charge in [0.05, 0.1) is 5.02 Å². The van der Waals surface area contributed by atoms with E-state index in [1.165, 1.54) is 23.0 Å². The van der Waals surface area contributed by atoms with E-state index >= 15 is 0 Å². The number of fused-ring (bicyclic) bond motifs is 1. The normalized spacial score (nSPS) is 22.7. The van der Waals surface area contributed by atoms with Crippen molar-refractivity contribution in [2.75, 3.05) is 11.1 Å². The predicted octanol–water partition coefficient (Wildman–Crippen LogP) is 1.96. The van der Waals surface area contributed by atoms with E-state index in [0.717, 1.165) is 0 Å². The Morgan fingerprint density at radius 3 is 2.64 bits per heavy atom. The summed E-state index contributed by atoms with van der Waals surface area (Å²) in [6, 6.07) is 2.95. The molecular formula is C15H19ClN6O2S. The highest BCUT2D eigenvalue weighted by atomic mass is 35.5. The molecule has 1 aliphatic rings. The van der Waals surface area contributed by atoms with E-state index in [2.05, 4.69) is 20.0 Å². The molecule has 0 amide bonds. The number of nitrogens with two attached hydrogens (primary N) is 1. The highest BCUT2D eigenvalue weighted by Gasteiger charge is 2.49. The van der Waals surface area contributed by atoms with Crippen LogP contribution in [0.15, 0.2) is 28.3 Å². The molecule has 2 aromatic heterocycles. The number of aromatic nitrogens is 3. The molecule has 2 atom stereocenters. The molecule has 2 aromatic rings. The molecule has 0 bridgehead atoms. The lowest BCUT2D eigenvalue weighted by Crippen LogP contribution is -2.53. The summed E-state index contributed by atoms with van der Waals surface area (Å²) in [6.45, 7) is 7.69. The van der Waals surface area contributed by atoms with Crippen LogP contribution in [0.2, 0.25) is 5.02 Å². The molecule has 25 heavy (non-hydrogen) atoms. The topological polar surface area (TPSA) is 115 Å². The van der Waals surface area contributed by atoms with Gasteiger partial charge in [-0.25, -0.2) is 18.9 Å². The molecule has 2 unspecified atom stereocenters. The van der Waals surface area contributed by atoms with Crippen molar-refractivity contribution in [1.82, 2.24) is 19.3 Å². The van der Waals surface area contributed by atoms with Crippen LogP contribution < -0.4 is 21.3 Å². The van der Waals surface area contributed by atoms with Crippen molar-refractivity contribution in [1.29, 1.82) is 0 Å². The van der Waals surface area contributed by atoms with Crippen LogP contribution in [0.5, 0.6) is 0 Å². The van der Waals surface area contributed by atoms with Gasteiger partial charge >= 0.3 is 0 Å². The Labute approximate surface area is 152 Å². The first-order chi connectivity index (χ1) is 11.5. The fourth-order valence-corrected chi connectivity index (χ4v) is 4.50. The molecule has 0 fully saturated rings. The van der Waals surface area contributed by atoms with Gasteiger partial charge in [-0.05, 0) is 18.4 Å². The van der Waals surface area contributed by atoms with Crippen LogP contribution in [0.25, 0.3) is 0 Å². The lowest BCUT2D eigenvalue weighted by molar-refractivity contribution is 0.103. The molecule has 0 spiro atoms. The Morgan fingerprint density at radius 1 is 1.36 bits per heavy atom. The number of nitrogen functional groups attached to an aromatic ring is 1. The highest BCUT2D eigenvalue weighted by Crippen LogP contribution is 2.41. The van der Waals surface area contributed by atoms with Gasteiger partial charge in [-0.15, -0.1) is 0 Å². The number of hydrogen-bond acceptors (Lipinski definition) is 6. The van der Waals surface area contributed by atoms with E-state index < -0.39 is 22.1 Å². The van der Waals surface area contributed by atoms with Gasteiger partial charge in [-0.2, -0.15) is 0 Å². The van der Waals surface area contributed by atoms with Crippen LogP contribution in [0.1, 0.15) is 27.7 Å². The second kappa shape index (κ2) is 5.79. The quantitative estimate of drug-likeness (QED) is 0.731. The van der Waals surface area contributed by atoms with E-state index in [4.69, 9.17) is 17.3 Å². The molecular weight excluding hydrogens is 364 g/mol. The number of hydrogen-bond donors (Lipinski definition) is 3. The molecule has 134 valence electrons. The van der Waals surface area contributed by atoms with E-state index in [0.29, 0.717) is 5.82 Å². The van der Waals surface area contributed by atoms with E-state index in [-0.39, 0.29) is 27.1 Å². The second-order valence-corrected chi connectivity index (χ2v) is 8.53. The van der Waals surface area contributed by atoms with Gasteiger partial charge in [0.15, 0.2) is 0 Å². The van der Waals surface area contributed by atoms with Crippen LogP contribution in [-0.4, -0.2) is 18.7 Å². The van der Waals surface area contributed by atoms with Crippen molar-refractivity contribution in [3.8, 4) is 0 Å². The summed E-state index contributed by atoms with van der Waals surface area (Å²) in [5, 5.41) is 3.40. The van der Waals surface area contributed by atoms with E-state index in [9.17, 15) is 9.00 Å². The molecule has 0 aromatic carbocycles. The first-order valence-corrected chi connectivity index (χ1v) is 9.07. The Hall–Kier alpha value is -1.97. The zero-order valence-electron chi connectivity index (χ0n) is 14.3. The Balaban J connectivity index is 2.20. The molecule has 3 heterocycles. The van der Waals surface area contributed by atoms with Gasteiger partial charge in [0, 0.05) is 6.07 Å². The monoisotopic (exact) mass is 382 g/mol. The maximum absolute atomic E-state index is 13.1. The third kappa shape index (κ3) is 2.82. The molecule has 3 rings (SSSR count). The van der Waals surface area contributed by atoms with Crippen molar-refractivity contribution in [2.24, 2.45) is 5.41 Å². The minimum atomic E-state index is -1.59. The number of anilines is 3. The maximum atomic E-state index is 13.1. The molecule has 8 nitrogen and oxygen atoms in total. The molecule has 0 radical (unpaired) electrons. The fourth-order valence-electron chi connectivity index (χ4n) is 2.58. The summed E-state index contributed by atoms with van der Waals surface area (Å²) in [5.41, 5.74) is 4.21. The summed E-state index contributed by atoms with van der Waals surface area (Å²) in [5.74, 6) is 0.637. The van der Waals surface area contributed by atoms with Crippen LogP contribution in [0.3, 0.4) is 0 Å². The third-order valence-electron chi connectivity index (χ3n) is 4.44. The number of halogens is 1. The molecule has 4 N–H and O–H groups in total. The SMILES string of the molecule is CC(C)(C)C1(C)NS(=O)c2c(Cl)cc(Nc3cc(N)ncn3)c(=O)n21. The summed E-state index contributed by atoms with van der Waals surface area (Å²) in [6.07, 6.45) is 1.29. The second-order valence-electron chi connectivity index (χ2n) is 7.00. The number of nitrogens with one attached hydrogen (secondary N) is 2. The number of pyridine rings is 1. The summed E-state index contributed by atoms with van der Waals surface area (Å²) >= 11 is 6.33. The van der Waals surface area contributed by atoms with Crippen molar-refractivity contribution in [3.05, 3.63) is 33.8 Å². The zero-order valence-corrected chi connectivity index (χ0v) is 15.8.